The van der Waals surface area contributed by atoms with Crippen molar-refractivity contribution in [2.45, 2.75) is 31.1 Å². The number of sulfonamides is 1. The molecule has 0 aliphatic rings. The first-order chi connectivity index (χ1) is 9.30. The number of nitrogen functional groups attached to an aromatic ring is 1. The van der Waals surface area contributed by atoms with Crippen molar-refractivity contribution < 1.29 is 8.42 Å². The smallest absolute Gasteiger partial charge is 0.242 e. The van der Waals surface area contributed by atoms with E-state index in [0.29, 0.717) is 5.69 Å². The maximum absolute atomic E-state index is 12.0. The molecule has 1 aromatic carbocycles. The highest BCUT2D eigenvalue weighted by molar-refractivity contribution is 7.89. The number of hydrogen-bond donors (Lipinski definition) is 1. The SMILES string of the molecule is CCCCCN(C)c1ccc(S(=O)(=O)N(C)C)cc1N. The molecular formula is C14H25N3O2S. The fourth-order valence-electron chi connectivity index (χ4n) is 1.97. The predicted octanol–water partition coefficient (Wildman–Crippen LogP) is 2.15. The minimum atomic E-state index is -3.43. The van der Waals surface area contributed by atoms with Crippen molar-refractivity contribution in [1.29, 1.82) is 0 Å². The molecule has 0 atom stereocenters. The Morgan fingerprint density at radius 1 is 1.15 bits per heavy atom. The molecule has 1 aromatic rings. The fraction of sp³-hybridized carbons (Fsp3) is 0.571. The van der Waals surface area contributed by atoms with E-state index in [4.69, 9.17) is 5.73 Å². The van der Waals surface area contributed by atoms with E-state index in [9.17, 15) is 8.42 Å². The molecule has 0 aromatic heterocycles. The Labute approximate surface area is 122 Å². The van der Waals surface area contributed by atoms with Gasteiger partial charge in [-0.25, -0.2) is 12.7 Å². The molecule has 114 valence electrons. The predicted molar refractivity (Wildman–Crippen MR) is 84.5 cm³/mol. The lowest BCUT2D eigenvalue weighted by atomic mass is 10.2. The topological polar surface area (TPSA) is 66.6 Å². The third kappa shape index (κ3) is 3.86. The van der Waals surface area contributed by atoms with Crippen LogP contribution in [0.5, 0.6) is 0 Å². The number of hydrogen-bond acceptors (Lipinski definition) is 4. The molecule has 0 spiro atoms. The van der Waals surface area contributed by atoms with Crippen molar-refractivity contribution in [2.75, 3.05) is 38.3 Å². The van der Waals surface area contributed by atoms with Gasteiger partial charge in [0.2, 0.25) is 10.0 Å². The molecule has 0 aliphatic heterocycles. The maximum Gasteiger partial charge on any atom is 0.242 e. The Hall–Kier alpha value is -1.27. The van der Waals surface area contributed by atoms with Crippen molar-refractivity contribution >= 4 is 21.4 Å². The normalized spacial score (nSPS) is 11.8. The quantitative estimate of drug-likeness (QED) is 0.619. The van der Waals surface area contributed by atoms with E-state index in [1.54, 1.807) is 12.1 Å². The highest BCUT2D eigenvalue weighted by Crippen LogP contribution is 2.26. The van der Waals surface area contributed by atoms with Gasteiger partial charge in [-0.1, -0.05) is 19.8 Å². The van der Waals surface area contributed by atoms with Gasteiger partial charge in [0.1, 0.15) is 0 Å². The van der Waals surface area contributed by atoms with Crippen LogP contribution >= 0.6 is 0 Å². The molecule has 0 fully saturated rings. The summed E-state index contributed by atoms with van der Waals surface area (Å²) in [6.45, 7) is 3.08. The average Bonchev–Trinajstić information content (AvgIpc) is 2.38. The molecule has 20 heavy (non-hydrogen) atoms. The van der Waals surface area contributed by atoms with Crippen LogP contribution in [0.1, 0.15) is 26.2 Å². The van der Waals surface area contributed by atoms with E-state index in [1.165, 1.54) is 37.3 Å². The summed E-state index contributed by atoms with van der Waals surface area (Å²) in [7, 11) is 1.57. The maximum atomic E-state index is 12.0. The van der Waals surface area contributed by atoms with Gasteiger partial charge in [0.15, 0.2) is 0 Å². The van der Waals surface area contributed by atoms with E-state index in [-0.39, 0.29) is 4.90 Å². The van der Waals surface area contributed by atoms with Crippen molar-refractivity contribution in [3.05, 3.63) is 18.2 Å². The molecule has 5 nitrogen and oxygen atoms in total. The molecular weight excluding hydrogens is 274 g/mol. The van der Waals surface area contributed by atoms with E-state index < -0.39 is 10.0 Å². The molecule has 1 rings (SSSR count). The number of rotatable bonds is 7. The Morgan fingerprint density at radius 3 is 2.30 bits per heavy atom. The number of anilines is 2. The number of nitrogens with two attached hydrogens (primary N) is 1. The van der Waals surface area contributed by atoms with Crippen LogP contribution in [0.2, 0.25) is 0 Å². The lowest BCUT2D eigenvalue weighted by Gasteiger charge is -2.22. The molecule has 0 unspecified atom stereocenters. The van der Waals surface area contributed by atoms with E-state index in [2.05, 4.69) is 11.8 Å². The zero-order chi connectivity index (χ0) is 15.3. The van der Waals surface area contributed by atoms with Crippen molar-refractivity contribution in [1.82, 2.24) is 4.31 Å². The second-order valence-electron chi connectivity index (χ2n) is 5.14. The molecule has 0 saturated heterocycles. The van der Waals surface area contributed by atoms with E-state index >= 15 is 0 Å². The van der Waals surface area contributed by atoms with Gasteiger partial charge in [-0.2, -0.15) is 0 Å². The van der Waals surface area contributed by atoms with Gasteiger partial charge >= 0.3 is 0 Å². The first-order valence-electron chi connectivity index (χ1n) is 6.84. The van der Waals surface area contributed by atoms with Gasteiger partial charge in [0.25, 0.3) is 0 Å². The molecule has 2 N–H and O–H groups in total. The van der Waals surface area contributed by atoms with Gasteiger partial charge in [-0.3, -0.25) is 0 Å². The van der Waals surface area contributed by atoms with Gasteiger partial charge in [-0.05, 0) is 24.6 Å². The van der Waals surface area contributed by atoms with Crippen LogP contribution in [0.3, 0.4) is 0 Å². The molecule has 0 radical (unpaired) electrons. The third-order valence-electron chi connectivity index (χ3n) is 3.29. The monoisotopic (exact) mass is 299 g/mol. The second kappa shape index (κ2) is 6.95. The molecule has 0 saturated carbocycles. The zero-order valence-corrected chi connectivity index (χ0v) is 13.6. The summed E-state index contributed by atoms with van der Waals surface area (Å²) in [6.07, 6.45) is 3.45. The van der Waals surface area contributed by atoms with Crippen LogP contribution in [0.4, 0.5) is 11.4 Å². The van der Waals surface area contributed by atoms with Gasteiger partial charge in [0.05, 0.1) is 16.3 Å². The van der Waals surface area contributed by atoms with Crippen LogP contribution in [-0.4, -0.2) is 40.4 Å². The summed E-state index contributed by atoms with van der Waals surface area (Å²) >= 11 is 0. The number of benzene rings is 1. The second-order valence-corrected chi connectivity index (χ2v) is 7.29. The Bertz CT molecular complexity index is 541. The number of nitrogens with zero attached hydrogens (tertiary/aromatic N) is 2. The van der Waals surface area contributed by atoms with E-state index in [0.717, 1.165) is 18.7 Å². The first-order valence-corrected chi connectivity index (χ1v) is 8.28. The minimum absolute atomic E-state index is 0.228. The summed E-state index contributed by atoms with van der Waals surface area (Å²) in [5.41, 5.74) is 7.37. The lowest BCUT2D eigenvalue weighted by Crippen LogP contribution is -2.23. The average molecular weight is 299 g/mol. The van der Waals surface area contributed by atoms with Crippen molar-refractivity contribution in [2.24, 2.45) is 0 Å². The minimum Gasteiger partial charge on any atom is -0.397 e. The fourth-order valence-corrected chi connectivity index (χ4v) is 2.91. The third-order valence-corrected chi connectivity index (χ3v) is 5.10. The molecule has 6 heteroatoms. The van der Waals surface area contributed by atoms with Crippen LogP contribution in [-0.2, 0) is 10.0 Å². The summed E-state index contributed by atoms with van der Waals surface area (Å²) in [5.74, 6) is 0. The Kier molecular flexibility index (Phi) is 5.83. The molecule has 0 aliphatic carbocycles. The van der Waals surface area contributed by atoms with Gasteiger partial charge < -0.3 is 10.6 Å². The zero-order valence-electron chi connectivity index (χ0n) is 12.8. The summed E-state index contributed by atoms with van der Waals surface area (Å²) < 4.78 is 25.3. The highest BCUT2D eigenvalue weighted by Gasteiger charge is 2.18. The molecule has 0 heterocycles. The number of unbranched alkanes of at least 4 members (excludes halogenated alkanes) is 2. The van der Waals surface area contributed by atoms with Crippen LogP contribution in [0.25, 0.3) is 0 Å². The van der Waals surface area contributed by atoms with Gasteiger partial charge in [-0.15, -0.1) is 0 Å². The summed E-state index contributed by atoms with van der Waals surface area (Å²) in [5, 5.41) is 0. The molecule has 0 bridgehead atoms. The Balaban J connectivity index is 2.94. The van der Waals surface area contributed by atoms with Crippen LogP contribution in [0, 0.1) is 0 Å². The summed E-state index contributed by atoms with van der Waals surface area (Å²) in [4.78, 5) is 2.29. The van der Waals surface area contributed by atoms with Crippen LogP contribution in [0.15, 0.2) is 23.1 Å². The first kappa shape index (κ1) is 16.8. The van der Waals surface area contributed by atoms with Gasteiger partial charge in [0, 0.05) is 27.7 Å². The lowest BCUT2D eigenvalue weighted by molar-refractivity contribution is 0.521. The van der Waals surface area contributed by atoms with E-state index in [1.807, 2.05) is 7.05 Å². The summed E-state index contributed by atoms with van der Waals surface area (Å²) in [6, 6.07) is 4.91. The largest absolute Gasteiger partial charge is 0.397 e. The van der Waals surface area contributed by atoms with Crippen molar-refractivity contribution in [3.63, 3.8) is 0 Å². The standard InChI is InChI=1S/C14H25N3O2S/c1-5-6-7-10-17(4)14-9-8-12(11-13(14)15)20(18,19)16(2)3/h8-9,11H,5-7,10,15H2,1-4H3. The Morgan fingerprint density at radius 2 is 1.80 bits per heavy atom. The van der Waals surface area contributed by atoms with Crippen molar-refractivity contribution in [3.8, 4) is 0 Å². The van der Waals surface area contributed by atoms with Crippen LogP contribution < -0.4 is 10.6 Å². The highest BCUT2D eigenvalue weighted by atomic mass is 32.2. The molecule has 0 amide bonds.